The van der Waals surface area contributed by atoms with Crippen LogP contribution in [0.15, 0.2) is 5.10 Å². The third kappa shape index (κ3) is 1.06. The molecule has 4 unspecified atom stereocenters. The molecule has 0 spiro atoms. The zero-order valence-corrected chi connectivity index (χ0v) is 9.42. The summed E-state index contributed by atoms with van der Waals surface area (Å²) >= 11 is 0. The summed E-state index contributed by atoms with van der Waals surface area (Å²) in [6.07, 6.45) is 5.29. The molecular weight excluding hydrogens is 188 g/mol. The lowest BCUT2D eigenvalue weighted by Crippen LogP contribution is -2.43. The second-order valence-corrected chi connectivity index (χ2v) is 5.62. The molecule has 4 atom stereocenters. The van der Waals surface area contributed by atoms with E-state index in [0.29, 0.717) is 5.92 Å². The Balaban J connectivity index is 1.93. The van der Waals surface area contributed by atoms with Crippen LogP contribution in [-0.4, -0.2) is 11.6 Å². The lowest BCUT2D eigenvalue weighted by molar-refractivity contribution is -0.128. The van der Waals surface area contributed by atoms with Crippen molar-refractivity contribution in [2.45, 2.75) is 39.5 Å². The van der Waals surface area contributed by atoms with E-state index in [2.05, 4.69) is 17.5 Å². The van der Waals surface area contributed by atoms with Crippen molar-refractivity contribution in [2.75, 3.05) is 0 Å². The molecule has 2 saturated carbocycles. The van der Waals surface area contributed by atoms with Crippen LogP contribution < -0.4 is 5.43 Å². The van der Waals surface area contributed by atoms with Crippen LogP contribution in [0, 0.1) is 23.2 Å². The van der Waals surface area contributed by atoms with Crippen molar-refractivity contribution in [1.82, 2.24) is 5.43 Å². The Labute approximate surface area is 90.3 Å². The van der Waals surface area contributed by atoms with Crippen molar-refractivity contribution >= 4 is 11.6 Å². The SMILES string of the molecule is CC1=NNC(=O)C1(C)C1CC2CCC1C2. The first-order valence-electron chi connectivity index (χ1n) is 5.97. The molecule has 0 saturated heterocycles. The molecule has 1 aliphatic heterocycles. The van der Waals surface area contributed by atoms with Crippen LogP contribution in [0.4, 0.5) is 0 Å². The number of amides is 1. The van der Waals surface area contributed by atoms with Gasteiger partial charge >= 0.3 is 0 Å². The average molecular weight is 206 g/mol. The zero-order chi connectivity index (χ0) is 10.6. The zero-order valence-electron chi connectivity index (χ0n) is 9.42. The molecule has 0 aromatic carbocycles. The van der Waals surface area contributed by atoms with Crippen LogP contribution in [0.25, 0.3) is 0 Å². The van der Waals surface area contributed by atoms with Gasteiger partial charge in [-0.2, -0.15) is 5.10 Å². The third-order valence-electron chi connectivity index (χ3n) is 5.03. The van der Waals surface area contributed by atoms with E-state index in [0.717, 1.165) is 17.5 Å². The summed E-state index contributed by atoms with van der Waals surface area (Å²) in [5.74, 6) is 2.33. The van der Waals surface area contributed by atoms with Gasteiger partial charge in [-0.25, -0.2) is 5.43 Å². The highest BCUT2D eigenvalue weighted by atomic mass is 16.2. The van der Waals surface area contributed by atoms with Gasteiger partial charge in [-0.1, -0.05) is 6.42 Å². The maximum Gasteiger partial charge on any atom is 0.252 e. The minimum atomic E-state index is -0.306. The number of rotatable bonds is 1. The average Bonchev–Trinajstić information content (AvgIpc) is 2.89. The maximum atomic E-state index is 11.9. The van der Waals surface area contributed by atoms with Gasteiger partial charge in [0, 0.05) is 0 Å². The fourth-order valence-electron chi connectivity index (χ4n) is 3.92. The van der Waals surface area contributed by atoms with Gasteiger partial charge < -0.3 is 0 Å². The van der Waals surface area contributed by atoms with Crippen LogP contribution in [-0.2, 0) is 4.79 Å². The molecule has 1 N–H and O–H groups in total. The van der Waals surface area contributed by atoms with Crippen molar-refractivity contribution in [3.63, 3.8) is 0 Å². The minimum Gasteiger partial charge on any atom is -0.272 e. The number of nitrogens with zero attached hydrogens (tertiary/aromatic N) is 1. The van der Waals surface area contributed by atoms with Crippen molar-refractivity contribution in [2.24, 2.45) is 28.3 Å². The predicted octanol–water partition coefficient (Wildman–Crippen LogP) is 1.93. The van der Waals surface area contributed by atoms with Gasteiger partial charge in [-0.3, -0.25) is 4.79 Å². The number of hydrazone groups is 1. The van der Waals surface area contributed by atoms with E-state index in [4.69, 9.17) is 0 Å². The van der Waals surface area contributed by atoms with E-state index in [9.17, 15) is 4.79 Å². The predicted molar refractivity (Wildman–Crippen MR) is 58.3 cm³/mol. The largest absolute Gasteiger partial charge is 0.272 e. The lowest BCUT2D eigenvalue weighted by Gasteiger charge is -2.34. The summed E-state index contributed by atoms with van der Waals surface area (Å²) in [5, 5.41) is 4.12. The summed E-state index contributed by atoms with van der Waals surface area (Å²) in [6.45, 7) is 4.07. The Kier molecular flexibility index (Phi) is 1.77. The summed E-state index contributed by atoms with van der Waals surface area (Å²) < 4.78 is 0. The third-order valence-corrected chi connectivity index (χ3v) is 5.03. The van der Waals surface area contributed by atoms with Crippen molar-refractivity contribution in [3.8, 4) is 0 Å². The van der Waals surface area contributed by atoms with E-state index in [1.807, 2.05) is 6.92 Å². The van der Waals surface area contributed by atoms with Crippen molar-refractivity contribution < 1.29 is 4.79 Å². The number of hydrogen-bond acceptors (Lipinski definition) is 2. The minimum absolute atomic E-state index is 0.123. The van der Waals surface area contributed by atoms with E-state index >= 15 is 0 Å². The van der Waals surface area contributed by atoms with Crippen LogP contribution in [0.2, 0.25) is 0 Å². The number of carbonyl (C=O) groups excluding carboxylic acids is 1. The standard InChI is InChI=1S/C12H18N2O/c1-7-12(2,11(15)14-13-7)10-6-8-3-4-9(10)5-8/h8-10H,3-6H2,1-2H3,(H,14,15). The number of carbonyl (C=O) groups is 1. The van der Waals surface area contributed by atoms with Crippen LogP contribution in [0.1, 0.15) is 39.5 Å². The van der Waals surface area contributed by atoms with Crippen LogP contribution in [0.3, 0.4) is 0 Å². The fourth-order valence-corrected chi connectivity index (χ4v) is 3.92. The lowest BCUT2D eigenvalue weighted by atomic mass is 9.67. The molecule has 82 valence electrons. The van der Waals surface area contributed by atoms with Gasteiger partial charge in [-0.05, 0) is 50.9 Å². The molecule has 15 heavy (non-hydrogen) atoms. The Bertz CT molecular complexity index is 350. The smallest absolute Gasteiger partial charge is 0.252 e. The molecular formula is C12H18N2O. The van der Waals surface area contributed by atoms with Gasteiger partial charge in [0.2, 0.25) is 0 Å². The summed E-state index contributed by atoms with van der Waals surface area (Å²) in [6, 6.07) is 0. The molecule has 2 bridgehead atoms. The molecule has 3 rings (SSSR count). The molecule has 2 aliphatic carbocycles. The van der Waals surface area contributed by atoms with Gasteiger partial charge in [0.1, 0.15) is 0 Å². The van der Waals surface area contributed by atoms with Crippen LogP contribution >= 0.6 is 0 Å². The molecule has 2 fully saturated rings. The van der Waals surface area contributed by atoms with E-state index < -0.39 is 0 Å². The first-order valence-corrected chi connectivity index (χ1v) is 5.97. The maximum absolute atomic E-state index is 11.9. The number of fused-ring (bicyclic) bond motifs is 2. The van der Waals surface area contributed by atoms with Gasteiger partial charge in [0.25, 0.3) is 5.91 Å². The van der Waals surface area contributed by atoms with Crippen molar-refractivity contribution in [1.29, 1.82) is 0 Å². The molecule has 3 aliphatic rings. The summed E-state index contributed by atoms with van der Waals surface area (Å²) in [5.41, 5.74) is 3.33. The molecule has 3 heteroatoms. The van der Waals surface area contributed by atoms with E-state index in [1.54, 1.807) is 0 Å². The summed E-state index contributed by atoms with van der Waals surface area (Å²) in [4.78, 5) is 11.9. The highest BCUT2D eigenvalue weighted by Crippen LogP contribution is 2.55. The van der Waals surface area contributed by atoms with E-state index in [1.165, 1.54) is 25.7 Å². The number of hydrogen-bond donors (Lipinski definition) is 1. The number of nitrogens with one attached hydrogen (secondary N) is 1. The molecule has 0 aromatic rings. The second-order valence-electron chi connectivity index (χ2n) is 5.62. The van der Waals surface area contributed by atoms with Gasteiger partial charge in [0.15, 0.2) is 0 Å². The Morgan fingerprint density at radius 1 is 1.40 bits per heavy atom. The van der Waals surface area contributed by atoms with E-state index in [-0.39, 0.29) is 11.3 Å². The second kappa shape index (κ2) is 2.83. The molecule has 1 heterocycles. The fraction of sp³-hybridized carbons (Fsp3) is 0.833. The first kappa shape index (κ1) is 9.37. The first-order chi connectivity index (χ1) is 7.12. The molecule has 0 radical (unpaired) electrons. The highest BCUT2D eigenvalue weighted by Gasteiger charge is 2.55. The molecule has 1 amide bonds. The van der Waals surface area contributed by atoms with Crippen molar-refractivity contribution in [3.05, 3.63) is 0 Å². The quantitative estimate of drug-likeness (QED) is 0.700. The summed E-state index contributed by atoms with van der Waals surface area (Å²) in [7, 11) is 0. The topological polar surface area (TPSA) is 41.5 Å². The van der Waals surface area contributed by atoms with Gasteiger partial charge in [0.05, 0.1) is 11.1 Å². The van der Waals surface area contributed by atoms with Gasteiger partial charge in [-0.15, -0.1) is 0 Å². The normalized spacial score (nSPS) is 48.3. The highest BCUT2D eigenvalue weighted by molar-refractivity contribution is 6.11. The Morgan fingerprint density at radius 2 is 2.20 bits per heavy atom. The Morgan fingerprint density at radius 3 is 2.67 bits per heavy atom. The monoisotopic (exact) mass is 206 g/mol. The van der Waals surface area contributed by atoms with Crippen LogP contribution in [0.5, 0.6) is 0 Å². The molecule has 3 nitrogen and oxygen atoms in total. The molecule has 0 aromatic heterocycles. The Hall–Kier alpha value is -0.860.